The van der Waals surface area contributed by atoms with Gasteiger partial charge in [-0.15, -0.1) is 0 Å². The van der Waals surface area contributed by atoms with E-state index in [1.165, 1.54) is 49.4 Å². The zero-order valence-electron chi connectivity index (χ0n) is 14.3. The second-order valence-electron chi connectivity index (χ2n) is 6.61. The Labute approximate surface area is 162 Å². The number of alkyl halides is 4. The summed E-state index contributed by atoms with van der Waals surface area (Å²) in [6.07, 6.45) is -6.14. The molecule has 0 radical (unpaired) electrons. The van der Waals surface area contributed by atoms with Crippen LogP contribution < -0.4 is 0 Å². The number of rotatable bonds is 8. The van der Waals surface area contributed by atoms with E-state index < -0.39 is 30.2 Å². The molecule has 1 aromatic carbocycles. The van der Waals surface area contributed by atoms with Crippen LogP contribution >= 0.6 is 23.2 Å². The zero-order valence-corrected chi connectivity index (χ0v) is 15.9. The highest BCUT2D eigenvalue weighted by atomic mass is 35.5. The summed E-state index contributed by atoms with van der Waals surface area (Å²) in [5, 5.41) is 15.7. The first-order valence-electron chi connectivity index (χ1n) is 7.69. The zero-order chi connectivity index (χ0) is 20.5. The Kier molecular flexibility index (Phi) is 6.40. The molecule has 1 N–H and O–H groups in total. The minimum absolute atomic E-state index is 0.0683. The van der Waals surface area contributed by atoms with E-state index in [-0.39, 0.29) is 17.1 Å². The molecule has 0 fully saturated rings. The number of benzene rings is 1. The monoisotopic (exact) mass is 429 g/mol. The second-order valence-corrected chi connectivity index (χ2v) is 7.46. The minimum Gasteiger partial charge on any atom is -0.382 e. The van der Waals surface area contributed by atoms with Gasteiger partial charge < -0.3 is 9.84 Å². The van der Waals surface area contributed by atoms with Gasteiger partial charge in [0.25, 0.3) is 0 Å². The van der Waals surface area contributed by atoms with Gasteiger partial charge in [-0.3, -0.25) is 0 Å². The Morgan fingerprint density at radius 3 is 2.44 bits per heavy atom. The number of ether oxygens (including phenoxy) is 1. The highest BCUT2D eigenvalue weighted by Crippen LogP contribution is 2.45. The molecule has 0 saturated carbocycles. The Hall–Kier alpha value is -1.42. The van der Waals surface area contributed by atoms with Crippen molar-refractivity contribution >= 4 is 23.2 Å². The van der Waals surface area contributed by atoms with Gasteiger partial charge in [0, 0.05) is 21.0 Å². The summed E-state index contributed by atoms with van der Waals surface area (Å²) >= 11 is 12.1. The topological polar surface area (TPSA) is 60.2 Å². The molecule has 0 spiro atoms. The quantitative estimate of drug-likeness (QED) is 0.632. The summed E-state index contributed by atoms with van der Waals surface area (Å²) in [4.78, 5) is 3.76. The van der Waals surface area contributed by atoms with Crippen molar-refractivity contribution in [3.63, 3.8) is 0 Å². The van der Waals surface area contributed by atoms with Crippen LogP contribution in [-0.2, 0) is 16.9 Å². The number of aliphatic hydroxyl groups is 1. The first-order valence-corrected chi connectivity index (χ1v) is 8.45. The molecular formula is C16H17Cl2F4N3O2. The Balaban J connectivity index is 2.44. The van der Waals surface area contributed by atoms with Crippen LogP contribution in [0.15, 0.2) is 30.9 Å². The molecular weight excluding hydrogens is 413 g/mol. The third-order valence-electron chi connectivity index (χ3n) is 4.23. The Morgan fingerprint density at radius 1 is 1.26 bits per heavy atom. The molecule has 1 aromatic heterocycles. The molecule has 1 atom stereocenters. The third-order valence-corrected chi connectivity index (χ3v) is 4.78. The van der Waals surface area contributed by atoms with Crippen LogP contribution in [0.3, 0.4) is 0 Å². The molecule has 1 heterocycles. The molecule has 2 aromatic rings. The van der Waals surface area contributed by atoms with Crippen LogP contribution in [0.5, 0.6) is 0 Å². The minimum atomic E-state index is -4.66. The summed E-state index contributed by atoms with van der Waals surface area (Å²) < 4.78 is 56.8. The van der Waals surface area contributed by atoms with Gasteiger partial charge in [0.15, 0.2) is 0 Å². The van der Waals surface area contributed by atoms with Crippen molar-refractivity contribution in [3.8, 4) is 0 Å². The lowest BCUT2D eigenvalue weighted by molar-refractivity contribution is -0.316. The van der Waals surface area contributed by atoms with E-state index in [1.54, 1.807) is 0 Å². The van der Waals surface area contributed by atoms with E-state index in [2.05, 4.69) is 14.8 Å². The van der Waals surface area contributed by atoms with Gasteiger partial charge in [0.05, 0.1) is 13.2 Å². The van der Waals surface area contributed by atoms with Gasteiger partial charge in [-0.05, 0) is 12.1 Å². The van der Waals surface area contributed by atoms with Gasteiger partial charge in [0.2, 0.25) is 0 Å². The first kappa shape index (κ1) is 21.9. The Morgan fingerprint density at radius 2 is 1.93 bits per heavy atom. The maximum atomic E-state index is 13.3. The maximum Gasteiger partial charge on any atom is 0.416 e. The lowest BCUT2D eigenvalue weighted by Crippen LogP contribution is -2.50. The predicted octanol–water partition coefficient (Wildman–Crippen LogP) is 4.37. The number of hydrogen-bond donors (Lipinski definition) is 1. The highest BCUT2D eigenvalue weighted by Gasteiger charge is 2.50. The average Bonchev–Trinajstić information content (AvgIpc) is 3.05. The number of halogens is 6. The maximum absolute atomic E-state index is 13.3. The smallest absolute Gasteiger partial charge is 0.382 e. The molecule has 5 nitrogen and oxygen atoms in total. The first-order chi connectivity index (χ1) is 12.4. The van der Waals surface area contributed by atoms with Gasteiger partial charge in [-0.1, -0.05) is 43.1 Å². The third kappa shape index (κ3) is 4.71. The van der Waals surface area contributed by atoms with Gasteiger partial charge in [0.1, 0.15) is 18.3 Å². The number of hydrogen-bond acceptors (Lipinski definition) is 4. The van der Waals surface area contributed by atoms with Gasteiger partial charge in [-0.2, -0.15) is 13.9 Å². The van der Waals surface area contributed by atoms with Crippen LogP contribution in [-0.4, -0.2) is 39.0 Å². The van der Waals surface area contributed by atoms with E-state index in [0.717, 1.165) is 0 Å². The summed E-state index contributed by atoms with van der Waals surface area (Å²) in [7, 11) is 0. The van der Waals surface area contributed by atoms with E-state index in [0.29, 0.717) is 5.02 Å². The summed E-state index contributed by atoms with van der Waals surface area (Å²) in [5.41, 5.74) is -3.27. The number of nitrogens with zero attached hydrogens (tertiary/aromatic N) is 3. The van der Waals surface area contributed by atoms with Crippen LogP contribution in [0.4, 0.5) is 17.6 Å². The lowest BCUT2D eigenvalue weighted by Gasteiger charge is -2.43. The van der Waals surface area contributed by atoms with Gasteiger partial charge >= 0.3 is 12.5 Å². The average molecular weight is 430 g/mol. The molecule has 0 aliphatic heterocycles. The van der Waals surface area contributed by atoms with Crippen LogP contribution in [0.25, 0.3) is 0 Å². The molecule has 150 valence electrons. The molecule has 0 bridgehead atoms. The summed E-state index contributed by atoms with van der Waals surface area (Å²) in [6.45, 7) is 1.63. The van der Waals surface area contributed by atoms with Crippen molar-refractivity contribution in [1.82, 2.24) is 14.8 Å². The molecule has 0 aliphatic carbocycles. The van der Waals surface area contributed by atoms with Crippen molar-refractivity contribution in [3.05, 3.63) is 46.5 Å². The summed E-state index contributed by atoms with van der Waals surface area (Å²) in [6, 6.07) is 4.25. The fourth-order valence-electron chi connectivity index (χ4n) is 2.50. The SMILES string of the molecule is CC(C)(COC(F)(F)C(F)F)C(O)(Cn1cncn1)c1ccc(Cl)cc1Cl. The fourth-order valence-corrected chi connectivity index (χ4v) is 3.06. The molecule has 2 rings (SSSR count). The van der Waals surface area contributed by atoms with Crippen molar-refractivity contribution in [2.45, 2.75) is 38.5 Å². The molecule has 1 unspecified atom stereocenters. The lowest BCUT2D eigenvalue weighted by atomic mass is 9.71. The second kappa shape index (κ2) is 7.90. The van der Waals surface area contributed by atoms with Crippen molar-refractivity contribution in [2.24, 2.45) is 5.41 Å². The van der Waals surface area contributed by atoms with Gasteiger partial charge in [-0.25, -0.2) is 18.4 Å². The Bertz CT molecular complexity index is 775. The summed E-state index contributed by atoms with van der Waals surface area (Å²) in [5.74, 6) is 0. The largest absolute Gasteiger partial charge is 0.416 e. The molecule has 27 heavy (non-hydrogen) atoms. The van der Waals surface area contributed by atoms with Crippen LogP contribution in [0, 0.1) is 5.41 Å². The van der Waals surface area contributed by atoms with Crippen molar-refractivity contribution in [1.29, 1.82) is 0 Å². The molecule has 11 heteroatoms. The predicted molar refractivity (Wildman–Crippen MR) is 91.1 cm³/mol. The van der Waals surface area contributed by atoms with Crippen LogP contribution in [0.2, 0.25) is 10.0 Å². The van der Waals surface area contributed by atoms with Crippen molar-refractivity contribution in [2.75, 3.05) is 6.61 Å². The van der Waals surface area contributed by atoms with Crippen molar-refractivity contribution < 1.29 is 27.4 Å². The molecule has 0 aliphatic rings. The molecule has 0 amide bonds. The van der Waals surface area contributed by atoms with E-state index in [1.807, 2.05) is 0 Å². The highest BCUT2D eigenvalue weighted by molar-refractivity contribution is 6.35. The van der Waals surface area contributed by atoms with E-state index >= 15 is 0 Å². The standard InChI is InChI=1S/C16H17Cl2F4N3O2/c1-14(2,7-27-16(21,22)13(19)20)15(26,6-25-9-23-8-24-25)11-4-3-10(17)5-12(11)18/h3-5,8-9,13,26H,6-7H2,1-2H3. The van der Waals surface area contributed by atoms with Crippen LogP contribution in [0.1, 0.15) is 19.4 Å². The normalized spacial score (nSPS) is 15.2. The van der Waals surface area contributed by atoms with E-state index in [9.17, 15) is 22.7 Å². The molecule has 0 saturated heterocycles. The fraction of sp³-hybridized carbons (Fsp3) is 0.500. The number of aromatic nitrogens is 3. The van der Waals surface area contributed by atoms with E-state index in [4.69, 9.17) is 23.2 Å².